The first kappa shape index (κ1) is 11.1. The first-order valence-corrected chi connectivity index (χ1v) is 5.52. The van der Waals surface area contributed by atoms with E-state index >= 15 is 0 Å². The van der Waals surface area contributed by atoms with Crippen LogP contribution < -0.4 is 11.1 Å². The third-order valence-electron chi connectivity index (χ3n) is 1.71. The van der Waals surface area contributed by atoms with Crippen LogP contribution in [0.1, 0.15) is 38.4 Å². The predicted octanol–water partition coefficient (Wildman–Crippen LogP) is 1.90. The normalized spacial score (nSPS) is 12.5. The van der Waals surface area contributed by atoms with Crippen molar-refractivity contribution in [1.82, 2.24) is 4.98 Å². The minimum Gasteiger partial charge on any atom is -0.323 e. The molecule has 0 fully saturated rings. The maximum atomic E-state index is 11.2. The molecule has 0 spiro atoms. The SMILES string of the molecule is CCCC(=O)Nc1nc(C(C)N)cs1. The lowest BCUT2D eigenvalue weighted by Gasteiger charge is -1.99. The molecule has 0 bridgehead atoms. The molecule has 0 saturated heterocycles. The van der Waals surface area contributed by atoms with Gasteiger partial charge in [0, 0.05) is 17.8 Å². The fourth-order valence-corrected chi connectivity index (χ4v) is 1.79. The van der Waals surface area contributed by atoms with Crippen molar-refractivity contribution in [2.75, 3.05) is 5.32 Å². The van der Waals surface area contributed by atoms with Crippen molar-refractivity contribution in [3.63, 3.8) is 0 Å². The molecule has 1 unspecified atom stereocenters. The van der Waals surface area contributed by atoms with E-state index in [0.717, 1.165) is 12.1 Å². The van der Waals surface area contributed by atoms with Gasteiger partial charge in [0.05, 0.1) is 5.69 Å². The van der Waals surface area contributed by atoms with E-state index in [0.29, 0.717) is 11.6 Å². The van der Waals surface area contributed by atoms with Crippen LogP contribution in [0.3, 0.4) is 0 Å². The molecule has 0 aliphatic rings. The van der Waals surface area contributed by atoms with Crippen LogP contribution in [0.4, 0.5) is 5.13 Å². The summed E-state index contributed by atoms with van der Waals surface area (Å²) in [6.45, 7) is 3.83. The van der Waals surface area contributed by atoms with E-state index < -0.39 is 0 Å². The van der Waals surface area contributed by atoms with Crippen LogP contribution in [0.25, 0.3) is 0 Å². The number of thiazole rings is 1. The quantitative estimate of drug-likeness (QED) is 0.802. The summed E-state index contributed by atoms with van der Waals surface area (Å²) in [5, 5.41) is 5.23. The van der Waals surface area contributed by atoms with Gasteiger partial charge in [-0.1, -0.05) is 6.92 Å². The standard InChI is InChI=1S/C9H15N3OS/c1-3-4-8(13)12-9-11-7(5-14-9)6(2)10/h5-6H,3-4,10H2,1-2H3,(H,11,12,13). The fraction of sp³-hybridized carbons (Fsp3) is 0.556. The van der Waals surface area contributed by atoms with E-state index in [1.807, 2.05) is 19.2 Å². The second-order valence-corrected chi connectivity index (χ2v) is 4.02. The first-order valence-electron chi connectivity index (χ1n) is 4.64. The number of nitrogens with one attached hydrogen (secondary N) is 1. The molecule has 1 atom stereocenters. The number of rotatable bonds is 4. The highest BCUT2D eigenvalue weighted by Crippen LogP contribution is 2.19. The van der Waals surface area contributed by atoms with Gasteiger partial charge in [0.25, 0.3) is 0 Å². The monoisotopic (exact) mass is 213 g/mol. The Labute approximate surface area is 87.5 Å². The Kier molecular flexibility index (Phi) is 4.03. The summed E-state index contributed by atoms with van der Waals surface area (Å²) in [4.78, 5) is 15.4. The van der Waals surface area contributed by atoms with Crippen LogP contribution in [0, 0.1) is 0 Å². The molecular formula is C9H15N3OS. The zero-order valence-corrected chi connectivity index (χ0v) is 9.23. The van der Waals surface area contributed by atoms with Gasteiger partial charge in [-0.25, -0.2) is 4.98 Å². The Hall–Kier alpha value is -0.940. The first-order chi connectivity index (χ1) is 6.63. The Morgan fingerprint density at radius 3 is 3.00 bits per heavy atom. The molecule has 4 nitrogen and oxygen atoms in total. The zero-order valence-electron chi connectivity index (χ0n) is 8.41. The number of carbonyl (C=O) groups is 1. The summed E-state index contributed by atoms with van der Waals surface area (Å²) >= 11 is 1.41. The lowest BCUT2D eigenvalue weighted by atomic mass is 10.3. The van der Waals surface area contributed by atoms with Crippen LogP contribution in [0.15, 0.2) is 5.38 Å². The third kappa shape index (κ3) is 3.08. The predicted molar refractivity (Wildman–Crippen MR) is 58.3 cm³/mol. The molecule has 0 radical (unpaired) electrons. The van der Waals surface area contributed by atoms with Crippen molar-refractivity contribution in [3.05, 3.63) is 11.1 Å². The van der Waals surface area contributed by atoms with Gasteiger partial charge in [0.1, 0.15) is 0 Å². The van der Waals surface area contributed by atoms with E-state index in [1.165, 1.54) is 11.3 Å². The van der Waals surface area contributed by atoms with Crippen LogP contribution in [0.5, 0.6) is 0 Å². The highest BCUT2D eigenvalue weighted by molar-refractivity contribution is 7.13. The van der Waals surface area contributed by atoms with Crippen molar-refractivity contribution in [2.24, 2.45) is 5.73 Å². The number of nitrogens with two attached hydrogens (primary N) is 1. The number of hydrogen-bond acceptors (Lipinski definition) is 4. The molecule has 1 aromatic rings. The van der Waals surface area contributed by atoms with Crippen molar-refractivity contribution in [2.45, 2.75) is 32.7 Å². The zero-order chi connectivity index (χ0) is 10.6. The average molecular weight is 213 g/mol. The largest absolute Gasteiger partial charge is 0.323 e. The molecule has 3 N–H and O–H groups in total. The molecule has 0 aliphatic heterocycles. The van der Waals surface area contributed by atoms with E-state index in [1.54, 1.807) is 0 Å². The third-order valence-corrected chi connectivity index (χ3v) is 2.49. The van der Waals surface area contributed by atoms with Crippen LogP contribution in [-0.4, -0.2) is 10.9 Å². The van der Waals surface area contributed by atoms with Crippen LogP contribution in [0.2, 0.25) is 0 Å². The molecule has 1 rings (SSSR count). The summed E-state index contributed by atoms with van der Waals surface area (Å²) in [7, 11) is 0. The lowest BCUT2D eigenvalue weighted by Crippen LogP contribution is -2.11. The summed E-state index contributed by atoms with van der Waals surface area (Å²) in [6, 6.07) is -0.0805. The topological polar surface area (TPSA) is 68.0 Å². The highest BCUT2D eigenvalue weighted by Gasteiger charge is 2.07. The molecule has 1 aromatic heterocycles. The van der Waals surface area contributed by atoms with Gasteiger partial charge < -0.3 is 11.1 Å². The second kappa shape index (κ2) is 5.07. The molecule has 0 aromatic carbocycles. The number of hydrogen-bond donors (Lipinski definition) is 2. The highest BCUT2D eigenvalue weighted by atomic mass is 32.1. The van der Waals surface area contributed by atoms with E-state index in [-0.39, 0.29) is 11.9 Å². The lowest BCUT2D eigenvalue weighted by molar-refractivity contribution is -0.116. The van der Waals surface area contributed by atoms with Crippen molar-refractivity contribution < 1.29 is 4.79 Å². The van der Waals surface area contributed by atoms with Gasteiger partial charge in [-0.2, -0.15) is 0 Å². The number of aromatic nitrogens is 1. The van der Waals surface area contributed by atoms with Gasteiger partial charge >= 0.3 is 0 Å². The van der Waals surface area contributed by atoms with E-state index in [2.05, 4.69) is 10.3 Å². The van der Waals surface area contributed by atoms with Crippen molar-refractivity contribution in [1.29, 1.82) is 0 Å². The Bertz CT molecular complexity index is 309. The van der Waals surface area contributed by atoms with Crippen LogP contribution in [-0.2, 0) is 4.79 Å². The Morgan fingerprint density at radius 1 is 1.79 bits per heavy atom. The molecule has 1 heterocycles. The molecule has 5 heteroatoms. The summed E-state index contributed by atoms with van der Waals surface area (Å²) in [5.41, 5.74) is 6.47. The van der Waals surface area contributed by atoms with Gasteiger partial charge in [-0.05, 0) is 13.3 Å². The Balaban J connectivity index is 2.55. The molecule has 0 aliphatic carbocycles. The molecular weight excluding hydrogens is 198 g/mol. The summed E-state index contributed by atoms with van der Waals surface area (Å²) in [5.74, 6) is 0.0121. The van der Waals surface area contributed by atoms with Gasteiger partial charge in [-0.3, -0.25) is 4.79 Å². The van der Waals surface area contributed by atoms with Crippen LogP contribution >= 0.6 is 11.3 Å². The van der Waals surface area contributed by atoms with E-state index in [4.69, 9.17) is 5.73 Å². The maximum Gasteiger partial charge on any atom is 0.226 e. The van der Waals surface area contributed by atoms with Crippen molar-refractivity contribution >= 4 is 22.4 Å². The fourth-order valence-electron chi connectivity index (χ4n) is 0.962. The second-order valence-electron chi connectivity index (χ2n) is 3.16. The minimum absolute atomic E-state index is 0.0121. The summed E-state index contributed by atoms with van der Waals surface area (Å²) in [6.07, 6.45) is 1.38. The van der Waals surface area contributed by atoms with Crippen molar-refractivity contribution in [3.8, 4) is 0 Å². The molecule has 0 saturated carbocycles. The minimum atomic E-state index is -0.0805. The number of carbonyl (C=O) groups excluding carboxylic acids is 1. The Morgan fingerprint density at radius 2 is 2.50 bits per heavy atom. The molecule has 78 valence electrons. The number of nitrogens with zero attached hydrogens (tertiary/aromatic N) is 1. The van der Waals surface area contributed by atoms with E-state index in [9.17, 15) is 4.79 Å². The summed E-state index contributed by atoms with van der Waals surface area (Å²) < 4.78 is 0. The van der Waals surface area contributed by atoms with Gasteiger partial charge in [0.2, 0.25) is 5.91 Å². The smallest absolute Gasteiger partial charge is 0.226 e. The van der Waals surface area contributed by atoms with Gasteiger partial charge in [0.15, 0.2) is 5.13 Å². The molecule has 14 heavy (non-hydrogen) atoms. The number of amides is 1. The van der Waals surface area contributed by atoms with Gasteiger partial charge in [-0.15, -0.1) is 11.3 Å². The average Bonchev–Trinajstić information content (AvgIpc) is 2.53. The molecule has 1 amide bonds. The maximum absolute atomic E-state index is 11.2. The number of anilines is 1.